The summed E-state index contributed by atoms with van der Waals surface area (Å²) < 4.78 is 16.9. The normalized spacial score (nSPS) is 29.8. The van der Waals surface area contributed by atoms with Crippen LogP contribution in [0.4, 0.5) is 0 Å². The lowest BCUT2D eigenvalue weighted by molar-refractivity contribution is -0.150. The van der Waals surface area contributed by atoms with Gasteiger partial charge in [0.2, 0.25) is 0 Å². The molecule has 0 aromatic rings. The van der Waals surface area contributed by atoms with E-state index in [1.807, 2.05) is 0 Å². The molecule has 0 spiro atoms. The van der Waals surface area contributed by atoms with Crippen LogP contribution in [0.25, 0.3) is 0 Å². The topological polar surface area (TPSA) is 51.4 Å². The monoisotopic (exact) mass is 380 g/mol. The minimum atomic E-state index is -0.265. The van der Waals surface area contributed by atoms with Gasteiger partial charge in [-0.2, -0.15) is 0 Å². The van der Waals surface area contributed by atoms with Gasteiger partial charge in [0.25, 0.3) is 0 Å². The molecule has 0 aromatic heterocycles. The number of esters is 1. The Balaban J connectivity index is 1.10. The van der Waals surface area contributed by atoms with E-state index >= 15 is 0 Å². The number of epoxide rings is 2. The molecule has 0 amide bonds. The van der Waals surface area contributed by atoms with Crippen LogP contribution in [-0.2, 0) is 19.0 Å². The second-order valence-electron chi connectivity index (χ2n) is 8.85. The number of unbranched alkanes of at least 4 members (excludes halogenated alkanes) is 7. The van der Waals surface area contributed by atoms with E-state index in [2.05, 4.69) is 6.92 Å². The minimum absolute atomic E-state index is 0.115. The Morgan fingerprint density at radius 3 is 2.00 bits per heavy atom. The molecule has 2 heterocycles. The van der Waals surface area contributed by atoms with Gasteiger partial charge in [-0.05, 0) is 44.9 Å². The van der Waals surface area contributed by atoms with Gasteiger partial charge in [-0.1, -0.05) is 64.7 Å². The Morgan fingerprint density at radius 2 is 1.33 bits per heavy atom. The molecular weight excluding hydrogens is 340 g/mol. The quantitative estimate of drug-likeness (QED) is 0.207. The lowest BCUT2D eigenvalue weighted by Gasteiger charge is -2.09. The number of carbonyl (C=O) groups excluding carboxylic acids is 1. The van der Waals surface area contributed by atoms with Crippen molar-refractivity contribution in [1.82, 2.24) is 0 Å². The molecule has 4 atom stereocenters. The van der Waals surface area contributed by atoms with E-state index in [9.17, 15) is 4.79 Å². The molecule has 2 saturated heterocycles. The molecule has 3 aliphatic rings. The maximum atomic E-state index is 12.0. The zero-order chi connectivity index (χ0) is 18.9. The lowest BCUT2D eigenvalue weighted by Crippen LogP contribution is -2.20. The minimum Gasteiger partial charge on any atom is -0.460 e. The first kappa shape index (κ1) is 21.1. The van der Waals surface area contributed by atoms with E-state index in [0.29, 0.717) is 12.2 Å². The van der Waals surface area contributed by atoms with E-state index in [0.717, 1.165) is 25.7 Å². The summed E-state index contributed by atoms with van der Waals surface area (Å²) in [5.41, 5.74) is 0. The SMILES string of the molecule is CCCCCCCCC1OC1CCCCCC1OC1C(=O)OC1CCCC1. The van der Waals surface area contributed by atoms with Gasteiger partial charge >= 0.3 is 5.97 Å². The van der Waals surface area contributed by atoms with Gasteiger partial charge in [-0.3, -0.25) is 0 Å². The molecular formula is C23H40O4. The zero-order valence-corrected chi connectivity index (χ0v) is 17.3. The summed E-state index contributed by atoms with van der Waals surface area (Å²) in [7, 11) is 0. The second kappa shape index (κ2) is 11.4. The van der Waals surface area contributed by atoms with Crippen molar-refractivity contribution in [2.75, 3.05) is 0 Å². The third kappa shape index (κ3) is 7.73. The standard InChI is InChI=1S/C23H40O4/c1-2-3-4-5-6-8-15-19-20(26-19)16-9-7-10-17-21-22(27-21)23(24)25-18-13-11-12-14-18/h18-22H,2-17H2,1H3. The first-order chi connectivity index (χ1) is 13.3. The van der Waals surface area contributed by atoms with Crippen molar-refractivity contribution in [2.24, 2.45) is 0 Å². The van der Waals surface area contributed by atoms with E-state index < -0.39 is 0 Å². The first-order valence-corrected chi connectivity index (χ1v) is 11.8. The molecule has 156 valence electrons. The Bertz CT molecular complexity index is 432. The highest BCUT2D eigenvalue weighted by Crippen LogP contribution is 2.33. The molecule has 4 nitrogen and oxygen atoms in total. The van der Waals surface area contributed by atoms with Crippen LogP contribution in [0.3, 0.4) is 0 Å². The number of carbonyl (C=O) groups is 1. The van der Waals surface area contributed by atoms with Crippen molar-refractivity contribution in [3.63, 3.8) is 0 Å². The highest BCUT2D eigenvalue weighted by Gasteiger charge is 2.46. The van der Waals surface area contributed by atoms with Gasteiger partial charge in [-0.25, -0.2) is 4.79 Å². The molecule has 1 saturated carbocycles. The molecule has 27 heavy (non-hydrogen) atoms. The highest BCUT2D eigenvalue weighted by molar-refractivity contribution is 5.78. The maximum absolute atomic E-state index is 12.0. The van der Waals surface area contributed by atoms with Crippen LogP contribution in [0.1, 0.15) is 110 Å². The summed E-state index contributed by atoms with van der Waals surface area (Å²) in [5, 5.41) is 0. The first-order valence-electron chi connectivity index (χ1n) is 11.8. The van der Waals surface area contributed by atoms with Crippen LogP contribution < -0.4 is 0 Å². The summed E-state index contributed by atoms with van der Waals surface area (Å²) in [6, 6.07) is 0. The molecule has 0 radical (unpaired) electrons. The molecule has 1 aliphatic carbocycles. The predicted octanol–water partition coefficient (Wildman–Crippen LogP) is 5.71. The van der Waals surface area contributed by atoms with Crippen LogP contribution in [0.2, 0.25) is 0 Å². The fourth-order valence-corrected chi connectivity index (χ4v) is 4.49. The Labute approximate surface area is 165 Å². The van der Waals surface area contributed by atoms with E-state index in [-0.39, 0.29) is 24.3 Å². The average Bonchev–Trinajstić information content (AvgIpc) is 3.55. The second-order valence-corrected chi connectivity index (χ2v) is 8.85. The number of hydrogen-bond donors (Lipinski definition) is 0. The zero-order valence-electron chi connectivity index (χ0n) is 17.3. The van der Waals surface area contributed by atoms with Crippen molar-refractivity contribution in [3.8, 4) is 0 Å². The van der Waals surface area contributed by atoms with Crippen LogP contribution in [0.15, 0.2) is 0 Å². The van der Waals surface area contributed by atoms with Gasteiger partial charge in [0.1, 0.15) is 6.10 Å². The van der Waals surface area contributed by atoms with Gasteiger partial charge in [0, 0.05) is 0 Å². The molecule has 2 aliphatic heterocycles. The summed E-state index contributed by atoms with van der Waals surface area (Å²) in [5.74, 6) is -0.115. The van der Waals surface area contributed by atoms with Crippen LogP contribution in [0, 0.1) is 0 Å². The van der Waals surface area contributed by atoms with Crippen molar-refractivity contribution >= 4 is 5.97 Å². The van der Waals surface area contributed by atoms with E-state index in [1.165, 1.54) is 77.0 Å². The smallest absolute Gasteiger partial charge is 0.338 e. The molecule has 0 aromatic carbocycles. The fraction of sp³-hybridized carbons (Fsp3) is 0.957. The van der Waals surface area contributed by atoms with Gasteiger partial charge in [0.05, 0.1) is 18.3 Å². The predicted molar refractivity (Wildman–Crippen MR) is 107 cm³/mol. The molecule has 0 bridgehead atoms. The van der Waals surface area contributed by atoms with Gasteiger partial charge in [-0.15, -0.1) is 0 Å². The van der Waals surface area contributed by atoms with Crippen LogP contribution in [-0.4, -0.2) is 36.5 Å². The Morgan fingerprint density at radius 1 is 0.778 bits per heavy atom. The number of ether oxygens (including phenoxy) is 3. The average molecular weight is 381 g/mol. The summed E-state index contributed by atoms with van der Waals surface area (Å²) in [6.07, 6.45) is 20.8. The van der Waals surface area contributed by atoms with Gasteiger partial charge in [0.15, 0.2) is 6.10 Å². The van der Waals surface area contributed by atoms with Crippen molar-refractivity contribution in [3.05, 3.63) is 0 Å². The Hall–Kier alpha value is -0.610. The third-order valence-electron chi connectivity index (χ3n) is 6.41. The largest absolute Gasteiger partial charge is 0.460 e. The van der Waals surface area contributed by atoms with E-state index in [1.54, 1.807) is 0 Å². The fourth-order valence-electron chi connectivity index (χ4n) is 4.49. The molecule has 3 rings (SSSR count). The summed E-state index contributed by atoms with van der Waals surface area (Å²) in [6.45, 7) is 2.27. The van der Waals surface area contributed by atoms with Crippen molar-refractivity contribution in [1.29, 1.82) is 0 Å². The highest BCUT2D eigenvalue weighted by atomic mass is 16.6. The Kier molecular flexibility index (Phi) is 8.92. The van der Waals surface area contributed by atoms with Crippen molar-refractivity contribution < 1.29 is 19.0 Å². The van der Waals surface area contributed by atoms with E-state index in [4.69, 9.17) is 14.2 Å². The molecule has 0 N–H and O–H groups in total. The number of rotatable bonds is 15. The number of hydrogen-bond acceptors (Lipinski definition) is 4. The summed E-state index contributed by atoms with van der Waals surface area (Å²) in [4.78, 5) is 12.0. The molecule has 3 fully saturated rings. The molecule has 4 heteroatoms. The maximum Gasteiger partial charge on any atom is 0.338 e. The van der Waals surface area contributed by atoms with Crippen LogP contribution in [0.5, 0.6) is 0 Å². The van der Waals surface area contributed by atoms with Crippen molar-refractivity contribution in [2.45, 2.75) is 140 Å². The lowest BCUT2D eigenvalue weighted by atomic mass is 10.0. The third-order valence-corrected chi connectivity index (χ3v) is 6.41. The van der Waals surface area contributed by atoms with Gasteiger partial charge < -0.3 is 14.2 Å². The molecule has 4 unspecified atom stereocenters. The summed E-state index contributed by atoms with van der Waals surface area (Å²) >= 11 is 0. The van der Waals surface area contributed by atoms with Crippen LogP contribution >= 0.6 is 0 Å².